The van der Waals surface area contributed by atoms with Gasteiger partial charge in [-0.3, -0.25) is 0 Å². The van der Waals surface area contributed by atoms with E-state index in [9.17, 15) is 9.90 Å². The third kappa shape index (κ3) is 4.46. The molecule has 166 valence electrons. The first-order valence-electron chi connectivity index (χ1n) is 11.0. The zero-order chi connectivity index (χ0) is 22.6. The minimum atomic E-state index is -0.691. The van der Waals surface area contributed by atoms with Crippen molar-refractivity contribution in [3.8, 4) is 11.1 Å². The summed E-state index contributed by atoms with van der Waals surface area (Å²) in [4.78, 5) is 19.0. The van der Waals surface area contributed by atoms with Gasteiger partial charge in [-0.05, 0) is 48.6 Å². The molecule has 4 rings (SSSR count). The van der Waals surface area contributed by atoms with Crippen LogP contribution in [0, 0.1) is 0 Å². The molecule has 1 amide bonds. The Labute approximate surface area is 188 Å². The van der Waals surface area contributed by atoms with Gasteiger partial charge in [0.15, 0.2) is 0 Å². The first kappa shape index (κ1) is 21.8. The van der Waals surface area contributed by atoms with Gasteiger partial charge < -0.3 is 20.5 Å². The Hall–Kier alpha value is -3.38. The monoisotopic (exact) mass is 431 g/mol. The predicted octanol–water partition coefficient (Wildman–Crippen LogP) is 4.90. The number of hydrogen-bond acceptors (Lipinski definition) is 5. The number of aliphatic hydroxyl groups is 1. The van der Waals surface area contributed by atoms with Gasteiger partial charge in [-0.1, -0.05) is 54.6 Å². The Kier molecular flexibility index (Phi) is 6.42. The van der Waals surface area contributed by atoms with E-state index < -0.39 is 5.60 Å². The molecule has 0 bridgehead atoms. The van der Waals surface area contributed by atoms with Crippen LogP contribution >= 0.6 is 0 Å². The zero-order valence-corrected chi connectivity index (χ0v) is 18.3. The fourth-order valence-electron chi connectivity index (χ4n) is 4.36. The Morgan fingerprint density at radius 1 is 1.09 bits per heavy atom. The van der Waals surface area contributed by atoms with E-state index in [0.717, 1.165) is 22.3 Å². The van der Waals surface area contributed by atoms with Gasteiger partial charge in [-0.25, -0.2) is 9.78 Å². The number of carbonyl (C=O) groups is 1. The molecule has 1 fully saturated rings. The summed E-state index contributed by atoms with van der Waals surface area (Å²) in [6.07, 6.45) is 3.30. The first-order valence-corrected chi connectivity index (χ1v) is 11.0. The lowest BCUT2D eigenvalue weighted by atomic mass is 9.84. The predicted molar refractivity (Wildman–Crippen MR) is 125 cm³/mol. The maximum atomic E-state index is 13.1. The topological polar surface area (TPSA) is 88.7 Å². The standard InChI is InChI=1S/C26H29N3O3/c1-19(20-8-10-21(11-9-20)22-12-13-24(27)28-18-22)29-16-15-26(14-5-17-30,32-25(29)31)23-6-3-2-4-7-23/h2-4,6-13,18-19,30H,5,14-17H2,1H3,(H2,27,28)/t19-,26+/m0/s1. The van der Waals surface area contributed by atoms with Gasteiger partial charge >= 0.3 is 6.09 Å². The van der Waals surface area contributed by atoms with Crippen LogP contribution in [0.2, 0.25) is 0 Å². The molecule has 1 aliphatic heterocycles. The van der Waals surface area contributed by atoms with Crippen molar-refractivity contribution in [1.82, 2.24) is 9.88 Å². The zero-order valence-electron chi connectivity index (χ0n) is 18.3. The number of amides is 1. The summed E-state index contributed by atoms with van der Waals surface area (Å²) in [5, 5.41) is 9.37. The molecular weight excluding hydrogens is 402 g/mol. The van der Waals surface area contributed by atoms with Gasteiger partial charge in [-0.2, -0.15) is 0 Å². The number of benzene rings is 2. The van der Waals surface area contributed by atoms with Gasteiger partial charge in [0.2, 0.25) is 0 Å². The summed E-state index contributed by atoms with van der Waals surface area (Å²) >= 11 is 0. The second-order valence-corrected chi connectivity index (χ2v) is 8.27. The smallest absolute Gasteiger partial charge is 0.411 e. The van der Waals surface area contributed by atoms with E-state index in [1.165, 1.54) is 0 Å². The maximum absolute atomic E-state index is 13.1. The molecule has 3 N–H and O–H groups in total. The van der Waals surface area contributed by atoms with Crippen LogP contribution < -0.4 is 5.73 Å². The summed E-state index contributed by atoms with van der Waals surface area (Å²) in [5.74, 6) is 0.494. The second kappa shape index (κ2) is 9.40. The molecule has 0 saturated carbocycles. The molecule has 3 aromatic rings. The van der Waals surface area contributed by atoms with E-state index in [2.05, 4.69) is 4.98 Å². The first-order chi connectivity index (χ1) is 15.5. The number of nitrogen functional groups attached to an aromatic ring is 1. The number of nitrogens with zero attached hydrogens (tertiary/aromatic N) is 2. The van der Waals surface area contributed by atoms with E-state index in [-0.39, 0.29) is 18.7 Å². The van der Waals surface area contributed by atoms with Crippen LogP contribution in [0.25, 0.3) is 11.1 Å². The SMILES string of the molecule is C[C@@H](c1ccc(-c2ccc(N)nc2)cc1)N1CC[C@](CCCO)(c2ccccc2)OC1=O. The number of pyridine rings is 1. The molecule has 2 atom stereocenters. The van der Waals surface area contributed by atoms with Crippen molar-refractivity contribution in [3.05, 3.63) is 84.1 Å². The number of aliphatic hydroxyl groups excluding tert-OH is 1. The van der Waals surface area contributed by atoms with E-state index in [1.807, 2.05) is 67.6 Å². The molecule has 0 radical (unpaired) electrons. The van der Waals surface area contributed by atoms with Gasteiger partial charge in [-0.15, -0.1) is 0 Å². The van der Waals surface area contributed by atoms with Gasteiger partial charge in [0.05, 0.1) is 6.04 Å². The third-order valence-corrected chi connectivity index (χ3v) is 6.29. The van der Waals surface area contributed by atoms with E-state index >= 15 is 0 Å². The molecular formula is C26H29N3O3. The Balaban J connectivity index is 1.50. The van der Waals surface area contributed by atoms with Crippen molar-refractivity contribution in [2.24, 2.45) is 0 Å². The number of cyclic esters (lactones) is 1. The Bertz CT molecular complexity index is 1040. The van der Waals surface area contributed by atoms with E-state index in [1.54, 1.807) is 17.2 Å². The molecule has 1 aliphatic rings. The Morgan fingerprint density at radius 3 is 2.44 bits per heavy atom. The quantitative estimate of drug-likeness (QED) is 0.555. The molecule has 32 heavy (non-hydrogen) atoms. The fourth-order valence-corrected chi connectivity index (χ4v) is 4.36. The highest BCUT2D eigenvalue weighted by molar-refractivity contribution is 5.70. The number of carbonyl (C=O) groups excluding carboxylic acids is 1. The molecule has 6 nitrogen and oxygen atoms in total. The summed E-state index contributed by atoms with van der Waals surface area (Å²) < 4.78 is 6.08. The summed E-state index contributed by atoms with van der Waals surface area (Å²) in [5.41, 5.74) is 9.04. The van der Waals surface area contributed by atoms with Crippen molar-refractivity contribution in [1.29, 1.82) is 0 Å². The van der Waals surface area contributed by atoms with Crippen molar-refractivity contribution >= 4 is 11.9 Å². The average molecular weight is 432 g/mol. The van der Waals surface area contributed by atoms with E-state index in [4.69, 9.17) is 10.5 Å². The second-order valence-electron chi connectivity index (χ2n) is 8.27. The van der Waals surface area contributed by atoms with Crippen molar-refractivity contribution in [2.45, 2.75) is 37.8 Å². The lowest BCUT2D eigenvalue weighted by molar-refractivity contribution is -0.0680. The van der Waals surface area contributed by atoms with Crippen molar-refractivity contribution < 1.29 is 14.6 Å². The lowest BCUT2D eigenvalue weighted by Gasteiger charge is -2.43. The fraction of sp³-hybridized carbons (Fsp3) is 0.308. The number of rotatable bonds is 7. The normalized spacial score (nSPS) is 19.4. The Morgan fingerprint density at radius 2 is 1.81 bits per heavy atom. The molecule has 0 unspecified atom stereocenters. The molecule has 0 aliphatic carbocycles. The average Bonchev–Trinajstić information content (AvgIpc) is 2.83. The van der Waals surface area contributed by atoms with E-state index in [0.29, 0.717) is 31.6 Å². The largest absolute Gasteiger partial charge is 0.438 e. The minimum absolute atomic E-state index is 0.0716. The van der Waals surface area contributed by atoms with Crippen LogP contribution in [0.3, 0.4) is 0 Å². The van der Waals surface area contributed by atoms with Crippen LogP contribution in [0.4, 0.5) is 10.6 Å². The van der Waals surface area contributed by atoms with Crippen LogP contribution in [0.15, 0.2) is 72.9 Å². The van der Waals surface area contributed by atoms with Crippen molar-refractivity contribution in [2.75, 3.05) is 18.9 Å². The molecule has 2 aromatic carbocycles. The van der Waals surface area contributed by atoms with Crippen LogP contribution in [-0.2, 0) is 10.3 Å². The number of hydrogen-bond donors (Lipinski definition) is 2. The summed E-state index contributed by atoms with van der Waals surface area (Å²) in [6.45, 7) is 2.68. The lowest BCUT2D eigenvalue weighted by Crippen LogP contribution is -2.48. The minimum Gasteiger partial charge on any atom is -0.438 e. The molecule has 1 saturated heterocycles. The van der Waals surface area contributed by atoms with Gasteiger partial charge in [0.25, 0.3) is 0 Å². The van der Waals surface area contributed by atoms with Crippen LogP contribution in [-0.4, -0.2) is 34.2 Å². The van der Waals surface area contributed by atoms with Gasteiger partial charge in [0.1, 0.15) is 11.4 Å². The molecule has 0 spiro atoms. The van der Waals surface area contributed by atoms with Crippen LogP contribution in [0.5, 0.6) is 0 Å². The number of nitrogens with two attached hydrogens (primary N) is 1. The number of anilines is 1. The maximum Gasteiger partial charge on any atom is 0.411 e. The third-order valence-electron chi connectivity index (χ3n) is 6.29. The molecule has 1 aromatic heterocycles. The highest BCUT2D eigenvalue weighted by atomic mass is 16.6. The number of aromatic nitrogens is 1. The molecule has 6 heteroatoms. The molecule has 2 heterocycles. The van der Waals surface area contributed by atoms with Gasteiger partial charge in [0, 0.05) is 31.3 Å². The number of ether oxygens (including phenoxy) is 1. The summed E-state index contributed by atoms with van der Waals surface area (Å²) in [6, 6.07) is 21.6. The highest BCUT2D eigenvalue weighted by Gasteiger charge is 2.43. The van der Waals surface area contributed by atoms with Crippen molar-refractivity contribution in [3.63, 3.8) is 0 Å². The highest BCUT2D eigenvalue weighted by Crippen LogP contribution is 2.40. The van der Waals surface area contributed by atoms with Crippen LogP contribution in [0.1, 0.15) is 43.4 Å². The summed E-state index contributed by atoms with van der Waals surface area (Å²) in [7, 11) is 0.